The maximum Gasteiger partial charge on any atom is 0.348 e. The number of esters is 2. The number of carbonyl (C=O) groups is 3. The van der Waals surface area contributed by atoms with Gasteiger partial charge in [-0.15, -0.1) is 11.3 Å². The summed E-state index contributed by atoms with van der Waals surface area (Å²) in [6.07, 6.45) is 0. The van der Waals surface area contributed by atoms with Gasteiger partial charge in [0.2, 0.25) is 0 Å². The molecule has 0 spiro atoms. The highest BCUT2D eigenvalue weighted by Crippen LogP contribution is 2.34. The van der Waals surface area contributed by atoms with Crippen molar-refractivity contribution < 1.29 is 33.0 Å². The number of fused-ring (bicyclic) bond motifs is 1. The standard InChI is InChI=1S/C20H17NO8S/c1-10-16(19(24)26-2)18(30-17(10)20(25)27-3)21-14(22)9-28-12-6-4-11-5-7-15(23)29-13(11)8-12/h4-8H,9H2,1-3H3,(H,21,22). The maximum absolute atomic E-state index is 12.4. The first kappa shape index (κ1) is 21.1. The Hall–Kier alpha value is -3.66. The molecule has 1 aromatic carbocycles. The molecular formula is C20H17NO8S. The fourth-order valence-electron chi connectivity index (χ4n) is 2.68. The second-order valence-corrected chi connectivity index (χ2v) is 7.06. The van der Waals surface area contributed by atoms with Crippen LogP contribution in [0.5, 0.6) is 5.75 Å². The lowest BCUT2D eigenvalue weighted by atomic mass is 10.1. The van der Waals surface area contributed by atoms with Gasteiger partial charge >= 0.3 is 17.6 Å². The van der Waals surface area contributed by atoms with Gasteiger partial charge in [0.1, 0.15) is 21.2 Å². The van der Waals surface area contributed by atoms with Crippen LogP contribution >= 0.6 is 11.3 Å². The minimum atomic E-state index is -0.695. The smallest absolute Gasteiger partial charge is 0.348 e. The van der Waals surface area contributed by atoms with E-state index in [0.29, 0.717) is 22.3 Å². The van der Waals surface area contributed by atoms with Crippen LogP contribution in [0.15, 0.2) is 39.5 Å². The van der Waals surface area contributed by atoms with Crippen molar-refractivity contribution >= 4 is 45.2 Å². The zero-order valence-electron chi connectivity index (χ0n) is 16.3. The van der Waals surface area contributed by atoms with Crippen LogP contribution in [0.3, 0.4) is 0 Å². The Morgan fingerprint density at radius 2 is 1.77 bits per heavy atom. The molecule has 0 saturated carbocycles. The van der Waals surface area contributed by atoms with E-state index in [0.717, 1.165) is 11.3 Å². The number of nitrogens with one attached hydrogen (secondary N) is 1. The average Bonchev–Trinajstić information content (AvgIpc) is 3.06. The summed E-state index contributed by atoms with van der Waals surface area (Å²) in [4.78, 5) is 47.9. The predicted octanol–water partition coefficient (Wildman–Crippen LogP) is 2.75. The first-order valence-corrected chi connectivity index (χ1v) is 9.42. The summed E-state index contributed by atoms with van der Waals surface area (Å²) >= 11 is 0.903. The first-order chi connectivity index (χ1) is 14.3. The minimum absolute atomic E-state index is 0.0729. The molecular weight excluding hydrogens is 414 g/mol. The van der Waals surface area contributed by atoms with Gasteiger partial charge in [-0.3, -0.25) is 4.79 Å². The summed E-state index contributed by atoms with van der Waals surface area (Å²) in [5.41, 5.74) is 0.246. The Morgan fingerprint density at radius 3 is 2.47 bits per heavy atom. The van der Waals surface area contributed by atoms with Crippen LogP contribution in [0.1, 0.15) is 25.6 Å². The Balaban J connectivity index is 1.76. The summed E-state index contributed by atoms with van der Waals surface area (Å²) in [6.45, 7) is 1.18. The van der Waals surface area contributed by atoms with Gasteiger partial charge in [0.25, 0.3) is 5.91 Å². The van der Waals surface area contributed by atoms with Gasteiger partial charge < -0.3 is 23.9 Å². The van der Waals surface area contributed by atoms with Gasteiger partial charge in [0.05, 0.1) is 19.8 Å². The number of carbonyl (C=O) groups excluding carboxylic acids is 3. The topological polar surface area (TPSA) is 121 Å². The fraction of sp³-hybridized carbons (Fsp3) is 0.200. The number of rotatable bonds is 6. The van der Waals surface area contributed by atoms with E-state index in [1.807, 2.05) is 0 Å². The highest BCUT2D eigenvalue weighted by atomic mass is 32.1. The molecule has 156 valence electrons. The number of thiophene rings is 1. The van der Waals surface area contributed by atoms with Crippen LogP contribution in [0.25, 0.3) is 11.0 Å². The monoisotopic (exact) mass is 431 g/mol. The molecule has 30 heavy (non-hydrogen) atoms. The van der Waals surface area contributed by atoms with E-state index in [1.165, 1.54) is 26.4 Å². The van der Waals surface area contributed by atoms with Crippen LogP contribution in [0, 0.1) is 6.92 Å². The zero-order valence-corrected chi connectivity index (χ0v) is 17.1. The molecule has 0 bridgehead atoms. The van der Waals surface area contributed by atoms with E-state index in [2.05, 4.69) is 5.32 Å². The van der Waals surface area contributed by atoms with Crippen LogP contribution in [0.2, 0.25) is 0 Å². The lowest BCUT2D eigenvalue weighted by molar-refractivity contribution is -0.118. The van der Waals surface area contributed by atoms with E-state index in [1.54, 1.807) is 25.1 Å². The zero-order chi connectivity index (χ0) is 21.8. The molecule has 0 atom stereocenters. The van der Waals surface area contributed by atoms with Crippen LogP contribution in [-0.2, 0) is 14.3 Å². The first-order valence-electron chi connectivity index (χ1n) is 8.60. The minimum Gasteiger partial charge on any atom is -0.484 e. The molecule has 2 aromatic heterocycles. The van der Waals surface area contributed by atoms with Gasteiger partial charge in [-0.25, -0.2) is 14.4 Å². The molecule has 0 radical (unpaired) electrons. The summed E-state index contributed by atoms with van der Waals surface area (Å²) in [6, 6.07) is 7.73. The van der Waals surface area contributed by atoms with Gasteiger partial charge in [-0.2, -0.15) is 0 Å². The van der Waals surface area contributed by atoms with Gasteiger partial charge in [0, 0.05) is 17.5 Å². The molecule has 0 aliphatic carbocycles. The Morgan fingerprint density at radius 1 is 1.07 bits per heavy atom. The molecule has 0 aliphatic heterocycles. The van der Waals surface area contributed by atoms with Crippen LogP contribution < -0.4 is 15.7 Å². The third-order valence-corrected chi connectivity index (χ3v) is 5.31. The Bertz CT molecular complexity index is 1190. The second kappa shape index (κ2) is 8.78. The predicted molar refractivity (Wildman–Crippen MR) is 108 cm³/mol. The number of anilines is 1. The van der Waals surface area contributed by atoms with E-state index < -0.39 is 23.5 Å². The number of hydrogen-bond donors (Lipinski definition) is 1. The Labute approximate surface area is 174 Å². The molecule has 2 heterocycles. The summed E-state index contributed by atoms with van der Waals surface area (Å²) in [5, 5.41) is 3.41. The summed E-state index contributed by atoms with van der Waals surface area (Å²) < 4.78 is 20.0. The van der Waals surface area contributed by atoms with E-state index >= 15 is 0 Å². The van der Waals surface area contributed by atoms with Gasteiger partial charge in [0.15, 0.2) is 6.61 Å². The largest absolute Gasteiger partial charge is 0.484 e. The molecule has 0 unspecified atom stereocenters. The lowest BCUT2D eigenvalue weighted by Gasteiger charge is -2.08. The quantitative estimate of drug-likeness (QED) is 0.467. The summed E-state index contributed by atoms with van der Waals surface area (Å²) in [7, 11) is 2.42. The second-order valence-electron chi connectivity index (χ2n) is 6.03. The van der Waals surface area contributed by atoms with Crippen molar-refractivity contribution in [1.82, 2.24) is 0 Å². The van der Waals surface area contributed by atoms with E-state index in [4.69, 9.17) is 18.6 Å². The van der Waals surface area contributed by atoms with Crippen LogP contribution in [-0.4, -0.2) is 38.7 Å². The number of ether oxygens (including phenoxy) is 3. The average molecular weight is 431 g/mol. The van der Waals surface area contributed by atoms with Crippen molar-refractivity contribution in [2.75, 3.05) is 26.1 Å². The molecule has 3 aromatic rings. The molecule has 10 heteroatoms. The Kier molecular flexibility index (Phi) is 6.17. The molecule has 3 rings (SSSR count). The maximum atomic E-state index is 12.4. The van der Waals surface area contributed by atoms with Gasteiger partial charge in [-0.05, 0) is 30.7 Å². The molecule has 1 amide bonds. The molecule has 9 nitrogen and oxygen atoms in total. The molecule has 0 fully saturated rings. The molecule has 0 saturated heterocycles. The number of hydrogen-bond acceptors (Lipinski definition) is 9. The fourth-order valence-corrected chi connectivity index (χ4v) is 3.81. The number of amides is 1. The van der Waals surface area contributed by atoms with Gasteiger partial charge in [-0.1, -0.05) is 0 Å². The highest BCUT2D eigenvalue weighted by molar-refractivity contribution is 7.18. The van der Waals surface area contributed by atoms with E-state index in [-0.39, 0.29) is 22.0 Å². The van der Waals surface area contributed by atoms with Crippen molar-refractivity contribution in [3.05, 3.63) is 56.8 Å². The number of benzene rings is 1. The summed E-state index contributed by atoms with van der Waals surface area (Å²) in [5.74, 6) is -1.57. The van der Waals surface area contributed by atoms with Crippen molar-refractivity contribution in [2.45, 2.75) is 6.92 Å². The SMILES string of the molecule is COC(=O)c1sc(NC(=O)COc2ccc3ccc(=O)oc3c2)c(C(=O)OC)c1C. The highest BCUT2D eigenvalue weighted by Gasteiger charge is 2.26. The van der Waals surface area contributed by atoms with Crippen LogP contribution in [0.4, 0.5) is 5.00 Å². The van der Waals surface area contributed by atoms with Crippen molar-refractivity contribution in [2.24, 2.45) is 0 Å². The third-order valence-electron chi connectivity index (χ3n) is 4.12. The van der Waals surface area contributed by atoms with E-state index in [9.17, 15) is 19.2 Å². The normalized spacial score (nSPS) is 10.5. The molecule has 0 aliphatic rings. The lowest BCUT2D eigenvalue weighted by Crippen LogP contribution is -2.21. The van der Waals surface area contributed by atoms with Crippen molar-refractivity contribution in [3.63, 3.8) is 0 Å². The number of methoxy groups -OCH3 is 2. The van der Waals surface area contributed by atoms with Crippen molar-refractivity contribution in [1.29, 1.82) is 0 Å². The molecule has 1 N–H and O–H groups in total. The van der Waals surface area contributed by atoms with Crippen molar-refractivity contribution in [3.8, 4) is 5.75 Å². The third kappa shape index (κ3) is 4.33.